The van der Waals surface area contributed by atoms with Crippen LogP contribution in [0, 0.1) is 6.92 Å². The lowest BCUT2D eigenvalue weighted by atomic mass is 9.77. The number of fused-ring (bicyclic) bond motifs is 2. The van der Waals surface area contributed by atoms with E-state index in [-0.39, 0.29) is 0 Å². The largest absolute Gasteiger partial charge is 0.311 e. The van der Waals surface area contributed by atoms with Crippen molar-refractivity contribution in [3.05, 3.63) is 58.4 Å². The summed E-state index contributed by atoms with van der Waals surface area (Å²) in [6, 6.07) is 8.76. The second-order valence-electron chi connectivity index (χ2n) is 5.43. The summed E-state index contributed by atoms with van der Waals surface area (Å²) in [5.74, 6) is 0.678. The third kappa shape index (κ3) is 1.87. The van der Waals surface area contributed by atoms with Crippen molar-refractivity contribution in [3.63, 3.8) is 0 Å². The summed E-state index contributed by atoms with van der Waals surface area (Å²) >= 11 is 1.69. The third-order valence-electron chi connectivity index (χ3n) is 4.21. The molecule has 2 aromatic heterocycles. The zero-order valence-corrected chi connectivity index (χ0v) is 12.3. The van der Waals surface area contributed by atoms with Gasteiger partial charge in [-0.15, -0.1) is 11.3 Å². The molecule has 3 aromatic rings. The minimum Gasteiger partial charge on any atom is -0.311 e. The molecular formula is C16H17N3S. The van der Waals surface area contributed by atoms with Gasteiger partial charge in [0.25, 0.3) is 0 Å². The number of nitrogens with zero attached hydrogens (tertiary/aromatic N) is 2. The number of imidazole rings is 1. The Morgan fingerprint density at radius 2 is 2.30 bits per heavy atom. The van der Waals surface area contributed by atoms with Crippen molar-refractivity contribution in [3.8, 4) is 0 Å². The highest BCUT2D eigenvalue weighted by Gasteiger charge is 2.24. The van der Waals surface area contributed by atoms with Crippen molar-refractivity contribution in [2.75, 3.05) is 6.54 Å². The first kappa shape index (κ1) is 12.1. The van der Waals surface area contributed by atoms with Gasteiger partial charge >= 0.3 is 0 Å². The van der Waals surface area contributed by atoms with Crippen LogP contribution < -0.4 is 5.32 Å². The van der Waals surface area contributed by atoms with E-state index in [9.17, 15) is 0 Å². The molecule has 0 saturated heterocycles. The Hall–Kier alpha value is -1.65. The van der Waals surface area contributed by atoms with E-state index in [0.717, 1.165) is 23.7 Å². The standard InChI is InChI=1S/C16H17N3S/c1-11-15(19-6-7-20-16(19)18-11)10-17-9-13-8-12-4-2-3-5-14(12)13/h2-7,13,17H,8-10H2,1H3. The Morgan fingerprint density at radius 1 is 1.40 bits per heavy atom. The highest BCUT2D eigenvalue weighted by atomic mass is 32.1. The Bertz CT molecular complexity index is 756. The smallest absolute Gasteiger partial charge is 0.194 e. The maximum atomic E-state index is 4.58. The summed E-state index contributed by atoms with van der Waals surface area (Å²) in [6.07, 6.45) is 3.32. The lowest BCUT2D eigenvalue weighted by Gasteiger charge is -2.30. The van der Waals surface area contributed by atoms with Gasteiger partial charge in [-0.2, -0.15) is 0 Å². The lowest BCUT2D eigenvalue weighted by Crippen LogP contribution is -2.29. The number of rotatable bonds is 4. The molecule has 0 bridgehead atoms. The van der Waals surface area contributed by atoms with Crippen LogP contribution in [0.5, 0.6) is 0 Å². The molecule has 1 atom stereocenters. The van der Waals surface area contributed by atoms with Crippen LogP contribution in [0.3, 0.4) is 0 Å². The average molecular weight is 283 g/mol. The van der Waals surface area contributed by atoms with Crippen molar-refractivity contribution in [1.29, 1.82) is 0 Å². The normalized spacial score (nSPS) is 17.1. The van der Waals surface area contributed by atoms with E-state index in [1.165, 1.54) is 23.2 Å². The van der Waals surface area contributed by atoms with E-state index in [4.69, 9.17) is 0 Å². The molecule has 1 aliphatic rings. The fraction of sp³-hybridized carbons (Fsp3) is 0.312. The molecule has 0 aliphatic heterocycles. The molecule has 0 fully saturated rings. The number of aromatic nitrogens is 2. The third-order valence-corrected chi connectivity index (χ3v) is 4.96. The SMILES string of the molecule is Cc1nc2sccn2c1CNCC1Cc2ccccc21. The highest BCUT2D eigenvalue weighted by molar-refractivity contribution is 7.15. The van der Waals surface area contributed by atoms with Crippen LogP contribution in [0.25, 0.3) is 4.96 Å². The van der Waals surface area contributed by atoms with Crippen molar-refractivity contribution in [1.82, 2.24) is 14.7 Å². The van der Waals surface area contributed by atoms with E-state index in [1.807, 2.05) is 0 Å². The molecule has 0 saturated carbocycles. The van der Waals surface area contributed by atoms with E-state index in [2.05, 4.69) is 57.5 Å². The maximum absolute atomic E-state index is 4.58. The molecule has 1 aliphatic carbocycles. The molecule has 0 radical (unpaired) electrons. The predicted molar refractivity (Wildman–Crippen MR) is 82.4 cm³/mol. The molecule has 0 amide bonds. The topological polar surface area (TPSA) is 29.3 Å². The summed E-state index contributed by atoms with van der Waals surface area (Å²) in [5, 5.41) is 5.69. The molecule has 0 spiro atoms. The zero-order chi connectivity index (χ0) is 13.5. The second-order valence-corrected chi connectivity index (χ2v) is 6.30. The van der Waals surface area contributed by atoms with Gasteiger partial charge in [-0.25, -0.2) is 4.98 Å². The van der Waals surface area contributed by atoms with E-state index in [0.29, 0.717) is 5.92 Å². The molecule has 1 unspecified atom stereocenters. The van der Waals surface area contributed by atoms with Crippen molar-refractivity contribution < 1.29 is 0 Å². The van der Waals surface area contributed by atoms with Gasteiger partial charge in [0.15, 0.2) is 4.96 Å². The Labute approximate surface area is 122 Å². The summed E-state index contributed by atoms with van der Waals surface area (Å²) in [5.41, 5.74) is 5.46. The van der Waals surface area contributed by atoms with Gasteiger partial charge in [0.2, 0.25) is 0 Å². The minimum atomic E-state index is 0.678. The van der Waals surface area contributed by atoms with Crippen LogP contribution in [-0.4, -0.2) is 15.9 Å². The van der Waals surface area contributed by atoms with Crippen molar-refractivity contribution in [2.24, 2.45) is 0 Å². The molecule has 1 N–H and O–H groups in total. The number of hydrogen-bond donors (Lipinski definition) is 1. The number of nitrogens with one attached hydrogen (secondary N) is 1. The summed E-state index contributed by atoms with van der Waals surface area (Å²) in [4.78, 5) is 5.67. The number of benzene rings is 1. The van der Waals surface area contributed by atoms with Crippen LogP contribution in [0.2, 0.25) is 0 Å². The summed E-state index contributed by atoms with van der Waals surface area (Å²) < 4.78 is 2.20. The van der Waals surface area contributed by atoms with Crippen molar-refractivity contribution in [2.45, 2.75) is 25.8 Å². The summed E-state index contributed by atoms with van der Waals surface area (Å²) in [6.45, 7) is 4.03. The predicted octanol–water partition coefficient (Wildman–Crippen LogP) is 3.13. The molecule has 4 rings (SSSR count). The Morgan fingerprint density at radius 3 is 3.20 bits per heavy atom. The van der Waals surface area contributed by atoms with Gasteiger partial charge < -0.3 is 5.32 Å². The van der Waals surface area contributed by atoms with Gasteiger partial charge in [0.05, 0.1) is 11.4 Å². The monoisotopic (exact) mass is 283 g/mol. The molecular weight excluding hydrogens is 266 g/mol. The fourth-order valence-electron chi connectivity index (χ4n) is 3.06. The minimum absolute atomic E-state index is 0.678. The first-order valence-electron chi connectivity index (χ1n) is 7.02. The van der Waals surface area contributed by atoms with Crippen LogP contribution in [0.15, 0.2) is 35.8 Å². The molecule has 4 heteroatoms. The van der Waals surface area contributed by atoms with Crippen LogP contribution in [0.1, 0.15) is 28.4 Å². The number of hydrogen-bond acceptors (Lipinski definition) is 3. The van der Waals surface area contributed by atoms with Gasteiger partial charge in [-0.1, -0.05) is 24.3 Å². The van der Waals surface area contributed by atoms with Crippen LogP contribution >= 0.6 is 11.3 Å². The molecule has 102 valence electrons. The first-order valence-corrected chi connectivity index (χ1v) is 7.90. The Kier molecular flexibility index (Phi) is 2.86. The van der Waals surface area contributed by atoms with E-state index in [1.54, 1.807) is 11.3 Å². The van der Waals surface area contributed by atoms with Crippen molar-refractivity contribution >= 4 is 16.3 Å². The number of thiazole rings is 1. The quantitative estimate of drug-likeness (QED) is 0.797. The van der Waals surface area contributed by atoms with Gasteiger partial charge in [0.1, 0.15) is 0 Å². The zero-order valence-electron chi connectivity index (χ0n) is 11.5. The van der Waals surface area contributed by atoms with Crippen LogP contribution in [-0.2, 0) is 13.0 Å². The highest BCUT2D eigenvalue weighted by Crippen LogP contribution is 2.34. The average Bonchev–Trinajstić information content (AvgIpc) is 2.97. The number of aryl methyl sites for hydroxylation is 1. The second kappa shape index (κ2) is 4.72. The maximum Gasteiger partial charge on any atom is 0.194 e. The lowest BCUT2D eigenvalue weighted by molar-refractivity contribution is 0.531. The fourth-order valence-corrected chi connectivity index (χ4v) is 3.84. The van der Waals surface area contributed by atoms with E-state index >= 15 is 0 Å². The van der Waals surface area contributed by atoms with Crippen LogP contribution in [0.4, 0.5) is 0 Å². The molecule has 2 heterocycles. The molecule has 1 aromatic carbocycles. The van der Waals surface area contributed by atoms with E-state index < -0.39 is 0 Å². The first-order chi connectivity index (χ1) is 9.83. The molecule has 3 nitrogen and oxygen atoms in total. The van der Waals surface area contributed by atoms with Gasteiger partial charge in [-0.05, 0) is 24.5 Å². The summed E-state index contributed by atoms with van der Waals surface area (Å²) in [7, 11) is 0. The Balaban J connectivity index is 1.42. The molecule has 20 heavy (non-hydrogen) atoms. The van der Waals surface area contributed by atoms with Gasteiger partial charge in [-0.3, -0.25) is 4.40 Å². The van der Waals surface area contributed by atoms with Gasteiger partial charge in [0, 0.05) is 30.6 Å².